The smallest absolute Gasteiger partial charge is 0.321 e. The summed E-state index contributed by atoms with van der Waals surface area (Å²) in [5.41, 5.74) is 9.45. The average molecular weight is 558 g/mol. The fourth-order valence-electron chi connectivity index (χ4n) is 4.03. The second-order valence-electron chi connectivity index (χ2n) is 8.93. The summed E-state index contributed by atoms with van der Waals surface area (Å²) in [5, 5.41) is 11.4. The predicted molar refractivity (Wildman–Crippen MR) is 144 cm³/mol. The Morgan fingerprint density at radius 3 is 2.57 bits per heavy atom. The van der Waals surface area contributed by atoms with Gasteiger partial charge >= 0.3 is 6.03 Å². The first-order chi connectivity index (χ1) is 16.7. The molecule has 8 nitrogen and oxygen atoms in total. The van der Waals surface area contributed by atoms with Crippen molar-refractivity contribution < 1.29 is 9.59 Å². The minimum atomic E-state index is -0.478. The van der Waals surface area contributed by atoms with Gasteiger partial charge in [-0.1, -0.05) is 48.0 Å². The molecule has 1 aliphatic rings. The Morgan fingerprint density at radius 1 is 1.17 bits per heavy atom. The van der Waals surface area contributed by atoms with Crippen molar-refractivity contribution in [3.63, 3.8) is 0 Å². The first-order valence-corrected chi connectivity index (χ1v) is 13.1. The normalized spacial score (nSPS) is 14.0. The van der Waals surface area contributed by atoms with Gasteiger partial charge in [-0.05, 0) is 35.4 Å². The number of piperazine rings is 1. The summed E-state index contributed by atoms with van der Waals surface area (Å²) in [7, 11) is 0. The molecule has 4 rings (SSSR count). The van der Waals surface area contributed by atoms with Crippen molar-refractivity contribution in [3.8, 4) is 0 Å². The SMILES string of the molecule is CC(C)(c1ccc(Br)cc1)c1csc(NC(=O)NCc2ccc(N3CCNCC3)c(C(N)=O)c2)n1. The quantitative estimate of drug-likeness (QED) is 0.350. The van der Waals surface area contributed by atoms with Gasteiger partial charge in [-0.3, -0.25) is 10.1 Å². The number of carbonyl (C=O) groups is 2. The van der Waals surface area contributed by atoms with E-state index in [1.54, 1.807) is 6.07 Å². The maximum Gasteiger partial charge on any atom is 0.321 e. The van der Waals surface area contributed by atoms with Crippen LogP contribution in [0, 0.1) is 0 Å². The largest absolute Gasteiger partial charge is 0.368 e. The van der Waals surface area contributed by atoms with Gasteiger partial charge in [-0.2, -0.15) is 0 Å². The molecule has 35 heavy (non-hydrogen) atoms. The molecule has 1 saturated heterocycles. The Balaban J connectivity index is 1.38. The highest BCUT2D eigenvalue weighted by Crippen LogP contribution is 2.34. The van der Waals surface area contributed by atoms with E-state index in [0.717, 1.165) is 53.2 Å². The summed E-state index contributed by atoms with van der Waals surface area (Å²) < 4.78 is 1.02. The van der Waals surface area contributed by atoms with E-state index in [0.29, 0.717) is 10.7 Å². The van der Waals surface area contributed by atoms with Gasteiger partial charge in [0.15, 0.2) is 5.13 Å². The van der Waals surface area contributed by atoms with Gasteiger partial charge in [0.1, 0.15) is 0 Å². The summed E-state index contributed by atoms with van der Waals surface area (Å²) in [6.45, 7) is 7.83. The third-order valence-corrected chi connectivity index (χ3v) is 7.45. The number of aromatic nitrogens is 1. The van der Waals surface area contributed by atoms with Gasteiger partial charge in [-0.15, -0.1) is 11.3 Å². The van der Waals surface area contributed by atoms with E-state index in [1.165, 1.54) is 11.3 Å². The van der Waals surface area contributed by atoms with Gasteiger partial charge in [0.05, 0.1) is 11.3 Å². The molecule has 0 aliphatic carbocycles. The molecule has 0 atom stereocenters. The van der Waals surface area contributed by atoms with Crippen LogP contribution in [0.4, 0.5) is 15.6 Å². The zero-order valence-corrected chi connectivity index (χ0v) is 22.1. The summed E-state index contributed by atoms with van der Waals surface area (Å²) >= 11 is 4.85. The van der Waals surface area contributed by atoms with Crippen LogP contribution in [-0.4, -0.2) is 43.1 Å². The minimum Gasteiger partial charge on any atom is -0.368 e. The molecule has 2 heterocycles. The number of benzene rings is 2. The highest BCUT2D eigenvalue weighted by atomic mass is 79.9. The standard InChI is InChI=1S/C25H29BrN6O2S/c1-25(2,17-4-6-18(26)7-5-17)21-15-35-24(30-21)31-23(34)29-14-16-3-8-20(19(13-16)22(27)33)32-11-9-28-10-12-32/h3-8,13,15,28H,9-12,14H2,1-2H3,(H2,27,33)(H2,29,30,31,34). The summed E-state index contributed by atoms with van der Waals surface area (Å²) in [6, 6.07) is 13.4. The van der Waals surface area contributed by atoms with E-state index in [4.69, 9.17) is 5.73 Å². The molecule has 3 amide bonds. The maximum atomic E-state index is 12.5. The predicted octanol–water partition coefficient (Wildman–Crippen LogP) is 4.06. The molecule has 0 unspecified atom stereocenters. The second-order valence-corrected chi connectivity index (χ2v) is 10.7. The first-order valence-electron chi connectivity index (χ1n) is 11.4. The molecule has 1 aromatic heterocycles. The van der Waals surface area contributed by atoms with Crippen LogP contribution in [0.5, 0.6) is 0 Å². The number of hydrogen-bond acceptors (Lipinski definition) is 6. The van der Waals surface area contributed by atoms with Crippen molar-refractivity contribution in [3.05, 3.63) is 74.7 Å². The lowest BCUT2D eigenvalue weighted by Gasteiger charge is -2.30. The van der Waals surface area contributed by atoms with Gasteiger partial charge in [0.2, 0.25) is 0 Å². The number of nitrogens with one attached hydrogen (secondary N) is 3. The molecule has 3 aromatic rings. The number of nitrogens with zero attached hydrogens (tertiary/aromatic N) is 2. The van der Waals surface area contributed by atoms with Gasteiger partial charge < -0.3 is 21.3 Å². The molecule has 10 heteroatoms. The highest BCUT2D eigenvalue weighted by Gasteiger charge is 2.26. The average Bonchev–Trinajstić information content (AvgIpc) is 3.33. The number of anilines is 2. The summed E-state index contributed by atoms with van der Waals surface area (Å²) in [4.78, 5) is 31.4. The van der Waals surface area contributed by atoms with E-state index in [1.807, 2.05) is 29.6 Å². The molecule has 0 bridgehead atoms. The molecule has 0 radical (unpaired) electrons. The zero-order valence-electron chi connectivity index (χ0n) is 19.7. The molecular weight excluding hydrogens is 528 g/mol. The van der Waals surface area contributed by atoms with Crippen LogP contribution in [-0.2, 0) is 12.0 Å². The van der Waals surface area contributed by atoms with Crippen molar-refractivity contribution in [1.29, 1.82) is 0 Å². The van der Waals surface area contributed by atoms with Crippen LogP contribution in [0.2, 0.25) is 0 Å². The lowest BCUT2D eigenvalue weighted by atomic mass is 9.82. The Labute approximate surface area is 217 Å². The molecule has 5 N–H and O–H groups in total. The molecule has 2 aromatic carbocycles. The third kappa shape index (κ3) is 6.01. The number of thiazole rings is 1. The molecule has 1 aliphatic heterocycles. The minimum absolute atomic E-state index is 0.260. The molecule has 184 valence electrons. The van der Waals surface area contributed by atoms with Crippen molar-refractivity contribution in [2.24, 2.45) is 5.73 Å². The highest BCUT2D eigenvalue weighted by molar-refractivity contribution is 9.10. The van der Waals surface area contributed by atoms with Crippen LogP contribution in [0.25, 0.3) is 0 Å². The van der Waals surface area contributed by atoms with E-state index < -0.39 is 5.91 Å². The van der Waals surface area contributed by atoms with Crippen molar-refractivity contribution in [2.45, 2.75) is 25.8 Å². The van der Waals surface area contributed by atoms with Crippen molar-refractivity contribution >= 4 is 50.0 Å². The first kappa shape index (κ1) is 25.2. The van der Waals surface area contributed by atoms with E-state index in [2.05, 4.69) is 67.7 Å². The van der Waals surface area contributed by atoms with Gasteiger partial charge in [-0.25, -0.2) is 9.78 Å². The van der Waals surface area contributed by atoms with Crippen molar-refractivity contribution in [2.75, 3.05) is 36.4 Å². The lowest BCUT2D eigenvalue weighted by Crippen LogP contribution is -2.44. The second kappa shape index (κ2) is 10.8. The van der Waals surface area contributed by atoms with Crippen LogP contribution in [0.1, 0.15) is 41.0 Å². The Morgan fingerprint density at radius 2 is 1.89 bits per heavy atom. The number of nitrogens with two attached hydrogens (primary N) is 1. The number of urea groups is 1. The summed E-state index contributed by atoms with van der Waals surface area (Å²) in [6.07, 6.45) is 0. The number of halogens is 1. The van der Waals surface area contributed by atoms with Crippen LogP contribution < -0.4 is 26.6 Å². The fraction of sp³-hybridized carbons (Fsp3) is 0.320. The number of primary amides is 1. The monoisotopic (exact) mass is 556 g/mol. The number of hydrogen-bond donors (Lipinski definition) is 4. The third-order valence-electron chi connectivity index (χ3n) is 6.17. The Bertz CT molecular complexity index is 1200. The Kier molecular flexibility index (Phi) is 7.73. The summed E-state index contributed by atoms with van der Waals surface area (Å²) in [5.74, 6) is -0.478. The van der Waals surface area contributed by atoms with Crippen LogP contribution >= 0.6 is 27.3 Å². The van der Waals surface area contributed by atoms with E-state index in [-0.39, 0.29) is 18.0 Å². The molecule has 1 fully saturated rings. The topological polar surface area (TPSA) is 112 Å². The Hall–Kier alpha value is -2.95. The van der Waals surface area contributed by atoms with E-state index in [9.17, 15) is 9.59 Å². The van der Waals surface area contributed by atoms with E-state index >= 15 is 0 Å². The molecule has 0 saturated carbocycles. The van der Waals surface area contributed by atoms with Crippen LogP contribution in [0.3, 0.4) is 0 Å². The number of rotatable bonds is 7. The number of carbonyl (C=O) groups excluding carboxylic acids is 2. The molecule has 0 spiro atoms. The van der Waals surface area contributed by atoms with Crippen LogP contribution in [0.15, 0.2) is 52.3 Å². The molecular formula is C25H29BrN6O2S. The van der Waals surface area contributed by atoms with Gasteiger partial charge in [0, 0.05) is 53.7 Å². The number of amides is 3. The van der Waals surface area contributed by atoms with Gasteiger partial charge in [0.25, 0.3) is 5.91 Å². The lowest BCUT2D eigenvalue weighted by molar-refractivity contribution is 0.100. The zero-order chi connectivity index (χ0) is 25.0. The fourth-order valence-corrected chi connectivity index (χ4v) is 5.17. The van der Waals surface area contributed by atoms with Crippen molar-refractivity contribution in [1.82, 2.24) is 15.6 Å². The maximum absolute atomic E-state index is 12.5.